The average Bonchev–Trinajstić information content (AvgIpc) is 2.45. The summed E-state index contributed by atoms with van der Waals surface area (Å²) in [6.07, 6.45) is 0.605. The molecule has 1 heterocycles. The molecule has 5 heteroatoms. The van der Waals surface area contributed by atoms with Gasteiger partial charge in [-0.25, -0.2) is 0 Å². The lowest BCUT2D eigenvalue weighted by Crippen LogP contribution is -2.61. The summed E-state index contributed by atoms with van der Waals surface area (Å²) in [6, 6.07) is 6.69. The van der Waals surface area contributed by atoms with Crippen molar-refractivity contribution in [1.82, 2.24) is 10.2 Å². The second-order valence-corrected chi connectivity index (χ2v) is 4.97. The zero-order valence-electron chi connectivity index (χ0n) is 12.1. The maximum atomic E-state index is 12.3. The number of piperazine rings is 1. The van der Waals surface area contributed by atoms with E-state index in [1.54, 1.807) is 18.9 Å². The van der Waals surface area contributed by atoms with Crippen molar-refractivity contribution in [2.75, 3.05) is 7.11 Å². The van der Waals surface area contributed by atoms with Crippen molar-refractivity contribution in [3.8, 4) is 5.75 Å². The van der Waals surface area contributed by atoms with Gasteiger partial charge in [0.1, 0.15) is 17.8 Å². The van der Waals surface area contributed by atoms with Crippen LogP contribution in [-0.4, -0.2) is 35.9 Å². The van der Waals surface area contributed by atoms with E-state index in [9.17, 15) is 9.59 Å². The number of methoxy groups -OCH3 is 1. The first-order valence-corrected chi connectivity index (χ1v) is 6.80. The predicted octanol–water partition coefficient (Wildman–Crippen LogP) is 1.32. The van der Waals surface area contributed by atoms with E-state index in [0.29, 0.717) is 13.0 Å². The standard InChI is InChI=1S/C15H20N2O3/c1-4-13-14(18)16-10(2)15(19)17(13)9-11-6-5-7-12(8-11)20-3/h5-8,10,13H,4,9H2,1-3H3,(H,16,18). The molecule has 2 unspecified atom stereocenters. The number of rotatable bonds is 4. The zero-order valence-corrected chi connectivity index (χ0v) is 12.1. The number of nitrogens with zero attached hydrogens (tertiary/aromatic N) is 1. The van der Waals surface area contributed by atoms with Crippen molar-refractivity contribution in [3.63, 3.8) is 0 Å². The van der Waals surface area contributed by atoms with Crippen molar-refractivity contribution >= 4 is 11.8 Å². The topological polar surface area (TPSA) is 58.6 Å². The fourth-order valence-corrected chi connectivity index (χ4v) is 2.48. The van der Waals surface area contributed by atoms with E-state index in [4.69, 9.17) is 4.74 Å². The third kappa shape index (κ3) is 2.76. The molecule has 0 spiro atoms. The molecule has 0 radical (unpaired) electrons. The Balaban J connectivity index is 2.23. The first-order valence-electron chi connectivity index (χ1n) is 6.80. The summed E-state index contributed by atoms with van der Waals surface area (Å²) in [5.74, 6) is 0.624. The van der Waals surface area contributed by atoms with E-state index in [1.807, 2.05) is 31.2 Å². The van der Waals surface area contributed by atoms with Crippen LogP contribution in [0.15, 0.2) is 24.3 Å². The monoisotopic (exact) mass is 276 g/mol. The molecule has 5 nitrogen and oxygen atoms in total. The van der Waals surface area contributed by atoms with Gasteiger partial charge < -0.3 is 15.0 Å². The molecule has 0 saturated carbocycles. The molecule has 2 rings (SSSR count). The Morgan fingerprint density at radius 2 is 2.10 bits per heavy atom. The van der Waals surface area contributed by atoms with Gasteiger partial charge in [-0.05, 0) is 31.0 Å². The van der Waals surface area contributed by atoms with Gasteiger partial charge in [-0.15, -0.1) is 0 Å². The number of benzene rings is 1. The van der Waals surface area contributed by atoms with E-state index < -0.39 is 12.1 Å². The first kappa shape index (κ1) is 14.4. The molecule has 1 N–H and O–H groups in total. The van der Waals surface area contributed by atoms with Crippen LogP contribution in [0.1, 0.15) is 25.8 Å². The highest BCUT2D eigenvalue weighted by molar-refractivity contribution is 5.96. The molecule has 20 heavy (non-hydrogen) atoms. The van der Waals surface area contributed by atoms with Crippen LogP contribution < -0.4 is 10.1 Å². The van der Waals surface area contributed by atoms with Gasteiger partial charge in [-0.3, -0.25) is 9.59 Å². The van der Waals surface area contributed by atoms with Crippen molar-refractivity contribution in [2.24, 2.45) is 0 Å². The number of ether oxygens (including phenoxy) is 1. The molecule has 0 aliphatic carbocycles. The Kier molecular flexibility index (Phi) is 4.27. The van der Waals surface area contributed by atoms with Crippen molar-refractivity contribution in [1.29, 1.82) is 0 Å². The smallest absolute Gasteiger partial charge is 0.245 e. The van der Waals surface area contributed by atoms with Crippen molar-refractivity contribution in [2.45, 2.75) is 38.9 Å². The lowest BCUT2D eigenvalue weighted by Gasteiger charge is -2.37. The molecule has 0 aromatic heterocycles. The average molecular weight is 276 g/mol. The molecule has 1 aliphatic rings. The van der Waals surface area contributed by atoms with Gasteiger partial charge in [0.05, 0.1) is 7.11 Å². The maximum absolute atomic E-state index is 12.3. The summed E-state index contributed by atoms with van der Waals surface area (Å²) in [5, 5.41) is 2.71. The van der Waals surface area contributed by atoms with Gasteiger partial charge in [0.25, 0.3) is 0 Å². The van der Waals surface area contributed by atoms with E-state index >= 15 is 0 Å². The Labute approximate surface area is 118 Å². The van der Waals surface area contributed by atoms with Gasteiger partial charge in [0.15, 0.2) is 0 Å². The molecular formula is C15H20N2O3. The van der Waals surface area contributed by atoms with Crippen LogP contribution in [0.25, 0.3) is 0 Å². The number of amides is 2. The Hall–Kier alpha value is -2.04. The van der Waals surface area contributed by atoms with Gasteiger partial charge in [-0.2, -0.15) is 0 Å². The zero-order chi connectivity index (χ0) is 14.7. The summed E-state index contributed by atoms with van der Waals surface area (Å²) in [6.45, 7) is 4.04. The quantitative estimate of drug-likeness (QED) is 0.902. The number of nitrogens with one attached hydrogen (secondary N) is 1. The molecule has 108 valence electrons. The Morgan fingerprint density at radius 3 is 2.75 bits per heavy atom. The second-order valence-electron chi connectivity index (χ2n) is 4.97. The van der Waals surface area contributed by atoms with Crippen LogP contribution >= 0.6 is 0 Å². The first-order chi connectivity index (χ1) is 9.56. The fraction of sp³-hybridized carbons (Fsp3) is 0.467. The van der Waals surface area contributed by atoms with Crippen LogP contribution in [0.3, 0.4) is 0 Å². The van der Waals surface area contributed by atoms with Gasteiger partial charge in [0.2, 0.25) is 11.8 Å². The Bertz CT molecular complexity index is 516. The fourth-order valence-electron chi connectivity index (χ4n) is 2.48. The maximum Gasteiger partial charge on any atom is 0.245 e. The van der Waals surface area contributed by atoms with Gasteiger partial charge >= 0.3 is 0 Å². The number of carbonyl (C=O) groups is 2. The third-order valence-electron chi connectivity index (χ3n) is 3.56. The van der Waals surface area contributed by atoms with Gasteiger partial charge in [-0.1, -0.05) is 19.1 Å². The number of carbonyl (C=O) groups excluding carboxylic acids is 2. The van der Waals surface area contributed by atoms with Crippen LogP contribution in [0.5, 0.6) is 5.75 Å². The van der Waals surface area contributed by atoms with E-state index in [-0.39, 0.29) is 11.8 Å². The summed E-state index contributed by atoms with van der Waals surface area (Å²) in [5.41, 5.74) is 0.957. The molecule has 1 aromatic rings. The third-order valence-corrected chi connectivity index (χ3v) is 3.56. The minimum absolute atomic E-state index is 0.0423. The molecule has 1 aromatic carbocycles. The second kappa shape index (κ2) is 5.94. The predicted molar refractivity (Wildman–Crippen MR) is 75.2 cm³/mol. The normalized spacial score (nSPS) is 22.6. The molecule has 2 atom stereocenters. The highest BCUT2D eigenvalue weighted by atomic mass is 16.5. The summed E-state index contributed by atoms with van der Waals surface area (Å²) in [4.78, 5) is 25.9. The molecule has 1 fully saturated rings. The molecule has 0 bridgehead atoms. The largest absolute Gasteiger partial charge is 0.497 e. The van der Waals surface area contributed by atoms with Crippen LogP contribution in [0.4, 0.5) is 0 Å². The summed E-state index contributed by atoms with van der Waals surface area (Å²) in [7, 11) is 1.61. The van der Waals surface area contributed by atoms with Crippen molar-refractivity contribution < 1.29 is 14.3 Å². The SMILES string of the molecule is CCC1C(=O)NC(C)C(=O)N1Cc1cccc(OC)c1. The van der Waals surface area contributed by atoms with Gasteiger partial charge in [0, 0.05) is 6.54 Å². The minimum Gasteiger partial charge on any atom is -0.497 e. The summed E-state index contributed by atoms with van der Waals surface area (Å²) < 4.78 is 5.18. The number of hydrogen-bond acceptors (Lipinski definition) is 3. The Morgan fingerprint density at radius 1 is 1.35 bits per heavy atom. The van der Waals surface area contributed by atoms with Crippen molar-refractivity contribution in [3.05, 3.63) is 29.8 Å². The minimum atomic E-state index is -0.462. The van der Waals surface area contributed by atoms with E-state index in [1.165, 1.54) is 0 Å². The van der Waals surface area contributed by atoms with E-state index in [0.717, 1.165) is 11.3 Å². The number of hydrogen-bond donors (Lipinski definition) is 1. The van der Waals surface area contributed by atoms with Crippen LogP contribution in [0, 0.1) is 0 Å². The lowest BCUT2D eigenvalue weighted by atomic mass is 10.0. The van der Waals surface area contributed by atoms with E-state index in [2.05, 4.69) is 5.32 Å². The van der Waals surface area contributed by atoms with Crippen LogP contribution in [-0.2, 0) is 16.1 Å². The molecular weight excluding hydrogens is 256 g/mol. The highest BCUT2D eigenvalue weighted by Gasteiger charge is 2.37. The molecule has 2 amide bonds. The summed E-state index contributed by atoms with van der Waals surface area (Å²) >= 11 is 0. The molecule has 1 aliphatic heterocycles. The molecule has 1 saturated heterocycles. The van der Waals surface area contributed by atoms with Crippen LogP contribution in [0.2, 0.25) is 0 Å². The lowest BCUT2D eigenvalue weighted by molar-refractivity contribution is -0.149. The highest BCUT2D eigenvalue weighted by Crippen LogP contribution is 2.19.